The molecule has 0 aliphatic carbocycles. The van der Waals surface area contributed by atoms with Gasteiger partial charge in [0.25, 0.3) is 0 Å². The summed E-state index contributed by atoms with van der Waals surface area (Å²) in [5.41, 5.74) is 1.91. The molecule has 4 heterocycles. The second-order valence-electron chi connectivity index (χ2n) is 5.93. The number of piperidine rings is 1. The number of aryl methyl sites for hydroxylation is 1. The van der Waals surface area contributed by atoms with Gasteiger partial charge in [0.05, 0.1) is 17.9 Å². The van der Waals surface area contributed by atoms with Crippen molar-refractivity contribution in [3.63, 3.8) is 0 Å². The standard InChI is InChI=1S/C15H18N6OS/c1-10-7-12(22-19-10)15-14(18-20-23-15)11-3-2-6-21(8-11)9-13-16-4-5-17-13/h4-5,7,11H,2-3,6,8-9H2,1H3,(H,16,17). The van der Waals surface area contributed by atoms with Gasteiger partial charge >= 0.3 is 0 Å². The molecule has 0 spiro atoms. The molecule has 3 aromatic heterocycles. The molecule has 23 heavy (non-hydrogen) atoms. The fourth-order valence-corrected chi connectivity index (χ4v) is 3.82. The number of aromatic amines is 1. The number of nitrogens with zero attached hydrogens (tertiary/aromatic N) is 5. The first-order valence-corrected chi connectivity index (χ1v) is 8.53. The summed E-state index contributed by atoms with van der Waals surface area (Å²) in [6.45, 7) is 4.82. The summed E-state index contributed by atoms with van der Waals surface area (Å²) in [5, 5.41) is 8.36. The zero-order valence-electron chi connectivity index (χ0n) is 12.9. The van der Waals surface area contributed by atoms with Crippen LogP contribution in [0.1, 0.15) is 36.0 Å². The lowest BCUT2D eigenvalue weighted by Gasteiger charge is -2.31. The van der Waals surface area contributed by atoms with Crippen molar-refractivity contribution in [1.82, 2.24) is 29.6 Å². The van der Waals surface area contributed by atoms with Crippen molar-refractivity contribution in [2.75, 3.05) is 13.1 Å². The van der Waals surface area contributed by atoms with Crippen LogP contribution in [-0.4, -0.2) is 42.7 Å². The van der Waals surface area contributed by atoms with Crippen molar-refractivity contribution < 1.29 is 4.52 Å². The average Bonchev–Trinajstić information content (AvgIpc) is 3.28. The number of likely N-dealkylation sites (tertiary alicyclic amines) is 1. The molecule has 8 heteroatoms. The molecular weight excluding hydrogens is 312 g/mol. The highest BCUT2D eigenvalue weighted by Crippen LogP contribution is 2.35. The first-order valence-electron chi connectivity index (χ1n) is 7.76. The molecule has 1 atom stereocenters. The van der Waals surface area contributed by atoms with Crippen LogP contribution < -0.4 is 0 Å². The van der Waals surface area contributed by atoms with Gasteiger partial charge in [0.15, 0.2) is 5.76 Å². The summed E-state index contributed by atoms with van der Waals surface area (Å²) in [7, 11) is 0. The fraction of sp³-hybridized carbons (Fsp3) is 0.467. The van der Waals surface area contributed by atoms with E-state index in [0.717, 1.165) is 60.3 Å². The highest BCUT2D eigenvalue weighted by molar-refractivity contribution is 7.09. The Morgan fingerprint density at radius 2 is 2.43 bits per heavy atom. The van der Waals surface area contributed by atoms with E-state index < -0.39 is 0 Å². The van der Waals surface area contributed by atoms with Crippen molar-refractivity contribution in [3.8, 4) is 10.6 Å². The van der Waals surface area contributed by atoms with Crippen molar-refractivity contribution >= 4 is 11.5 Å². The van der Waals surface area contributed by atoms with Gasteiger partial charge in [-0.3, -0.25) is 4.90 Å². The second-order valence-corrected chi connectivity index (χ2v) is 6.68. The summed E-state index contributed by atoms with van der Waals surface area (Å²) in [6.07, 6.45) is 5.94. The lowest BCUT2D eigenvalue weighted by Crippen LogP contribution is -2.34. The van der Waals surface area contributed by atoms with E-state index in [1.54, 1.807) is 6.20 Å². The Balaban J connectivity index is 1.53. The molecule has 1 unspecified atom stereocenters. The third kappa shape index (κ3) is 3.04. The van der Waals surface area contributed by atoms with Crippen molar-refractivity contribution in [2.45, 2.75) is 32.2 Å². The van der Waals surface area contributed by atoms with Crippen LogP contribution in [0.2, 0.25) is 0 Å². The van der Waals surface area contributed by atoms with E-state index in [2.05, 4.69) is 29.6 Å². The van der Waals surface area contributed by atoms with Crippen LogP contribution in [0.4, 0.5) is 0 Å². The van der Waals surface area contributed by atoms with Crippen molar-refractivity contribution in [3.05, 3.63) is 35.7 Å². The van der Waals surface area contributed by atoms with Crippen LogP contribution in [0.15, 0.2) is 23.0 Å². The minimum Gasteiger partial charge on any atom is -0.355 e. The van der Waals surface area contributed by atoms with Crippen LogP contribution in [0, 0.1) is 6.92 Å². The van der Waals surface area contributed by atoms with E-state index in [1.807, 2.05) is 19.2 Å². The van der Waals surface area contributed by atoms with Gasteiger partial charge in [-0.25, -0.2) is 4.98 Å². The molecule has 0 aromatic carbocycles. The largest absolute Gasteiger partial charge is 0.355 e. The maximum atomic E-state index is 5.40. The Bertz CT molecular complexity index is 765. The first kappa shape index (κ1) is 14.5. The molecule has 1 fully saturated rings. The number of rotatable bonds is 4. The van der Waals surface area contributed by atoms with Crippen LogP contribution in [-0.2, 0) is 6.54 Å². The predicted octanol–water partition coefficient (Wildman–Crippen LogP) is 2.60. The molecule has 0 saturated carbocycles. The number of hydrogen-bond acceptors (Lipinski definition) is 7. The monoisotopic (exact) mass is 330 g/mol. The number of hydrogen-bond donors (Lipinski definition) is 1. The van der Waals surface area contributed by atoms with E-state index in [9.17, 15) is 0 Å². The first-order chi connectivity index (χ1) is 11.3. The molecule has 1 aliphatic heterocycles. The van der Waals surface area contributed by atoms with E-state index in [1.165, 1.54) is 11.5 Å². The number of aromatic nitrogens is 5. The molecule has 1 N–H and O–H groups in total. The van der Waals surface area contributed by atoms with E-state index in [-0.39, 0.29) is 0 Å². The Morgan fingerprint density at radius 1 is 1.48 bits per heavy atom. The quantitative estimate of drug-likeness (QED) is 0.791. The SMILES string of the molecule is Cc1cc(-c2snnc2C2CCCN(Cc3ncc[nH]3)C2)on1. The van der Waals surface area contributed by atoms with Gasteiger partial charge in [0.1, 0.15) is 10.7 Å². The van der Waals surface area contributed by atoms with Gasteiger partial charge in [-0.1, -0.05) is 9.64 Å². The van der Waals surface area contributed by atoms with Gasteiger partial charge in [0.2, 0.25) is 0 Å². The summed E-state index contributed by atoms with van der Waals surface area (Å²) in [4.78, 5) is 10.9. The molecule has 4 rings (SSSR count). The lowest BCUT2D eigenvalue weighted by molar-refractivity contribution is 0.194. The minimum absolute atomic E-state index is 0.373. The molecule has 0 bridgehead atoms. The second kappa shape index (κ2) is 6.21. The van der Waals surface area contributed by atoms with Crippen molar-refractivity contribution in [2.24, 2.45) is 0 Å². The molecule has 1 aliphatic rings. The van der Waals surface area contributed by atoms with Gasteiger partial charge in [0, 0.05) is 30.9 Å². The molecule has 120 valence electrons. The molecule has 0 radical (unpaired) electrons. The third-order valence-electron chi connectivity index (χ3n) is 4.19. The normalized spacial score (nSPS) is 19.3. The van der Waals surface area contributed by atoms with Crippen molar-refractivity contribution in [1.29, 1.82) is 0 Å². The van der Waals surface area contributed by atoms with Gasteiger partial charge in [-0.2, -0.15) is 0 Å². The number of nitrogens with one attached hydrogen (secondary N) is 1. The summed E-state index contributed by atoms with van der Waals surface area (Å²) in [6, 6.07) is 1.95. The van der Waals surface area contributed by atoms with E-state index in [4.69, 9.17) is 4.52 Å². The Morgan fingerprint density at radius 3 is 3.22 bits per heavy atom. The number of H-pyrrole nitrogens is 1. The molecule has 0 amide bonds. The summed E-state index contributed by atoms with van der Waals surface area (Å²) < 4.78 is 9.55. The minimum atomic E-state index is 0.373. The van der Waals surface area contributed by atoms with Crippen LogP contribution in [0.3, 0.4) is 0 Å². The number of imidazole rings is 1. The molecular formula is C15H18N6OS. The maximum Gasteiger partial charge on any atom is 0.180 e. The van der Waals surface area contributed by atoms with Crippen LogP contribution >= 0.6 is 11.5 Å². The Labute approximate surface area is 137 Å². The van der Waals surface area contributed by atoms with Crippen LogP contribution in [0.5, 0.6) is 0 Å². The van der Waals surface area contributed by atoms with Crippen LogP contribution in [0.25, 0.3) is 10.6 Å². The fourth-order valence-electron chi connectivity index (χ4n) is 3.12. The van der Waals surface area contributed by atoms with E-state index in [0.29, 0.717) is 5.92 Å². The van der Waals surface area contributed by atoms with Gasteiger partial charge in [-0.05, 0) is 37.8 Å². The predicted molar refractivity (Wildman–Crippen MR) is 86.0 cm³/mol. The molecule has 1 saturated heterocycles. The third-order valence-corrected chi connectivity index (χ3v) is 4.94. The molecule has 3 aromatic rings. The molecule has 7 nitrogen and oxygen atoms in total. The highest BCUT2D eigenvalue weighted by Gasteiger charge is 2.28. The zero-order chi connectivity index (χ0) is 15.6. The zero-order valence-corrected chi connectivity index (χ0v) is 13.7. The van der Waals surface area contributed by atoms with E-state index >= 15 is 0 Å². The highest BCUT2D eigenvalue weighted by atomic mass is 32.1. The Kier molecular flexibility index (Phi) is 3.92. The average molecular weight is 330 g/mol. The smallest absolute Gasteiger partial charge is 0.180 e. The maximum absolute atomic E-state index is 5.40. The topological polar surface area (TPSA) is 83.7 Å². The van der Waals surface area contributed by atoms with Gasteiger partial charge < -0.3 is 9.51 Å². The summed E-state index contributed by atoms with van der Waals surface area (Å²) >= 11 is 1.38. The Hall–Kier alpha value is -2.06. The van der Waals surface area contributed by atoms with Gasteiger partial charge in [-0.15, -0.1) is 5.10 Å². The summed E-state index contributed by atoms with van der Waals surface area (Å²) in [5.74, 6) is 2.15. The lowest BCUT2D eigenvalue weighted by atomic mass is 9.93.